The predicted octanol–water partition coefficient (Wildman–Crippen LogP) is 4.94. The number of para-hydroxylation sites is 2. The summed E-state index contributed by atoms with van der Waals surface area (Å²) in [5.74, 6) is -0.412. The fourth-order valence-electron chi connectivity index (χ4n) is 2.21. The third-order valence-corrected chi connectivity index (χ3v) is 3.76. The number of benzene rings is 2. The summed E-state index contributed by atoms with van der Waals surface area (Å²) >= 11 is 6.27. The van der Waals surface area contributed by atoms with Gasteiger partial charge in [-0.05, 0) is 52.0 Å². The van der Waals surface area contributed by atoms with Crippen LogP contribution >= 0.6 is 11.6 Å². The molecular weight excluding hydrogens is 366 g/mol. The van der Waals surface area contributed by atoms with Gasteiger partial charge in [0, 0.05) is 5.69 Å². The molecule has 0 heterocycles. The first-order valence-corrected chi connectivity index (χ1v) is 8.94. The Labute approximate surface area is 164 Å². The summed E-state index contributed by atoms with van der Waals surface area (Å²) in [5, 5.41) is 8.87. The van der Waals surface area contributed by atoms with Crippen molar-refractivity contribution in [1.82, 2.24) is 5.32 Å². The van der Waals surface area contributed by atoms with Crippen molar-refractivity contribution in [3.8, 4) is 0 Å². The summed E-state index contributed by atoms with van der Waals surface area (Å²) < 4.78 is 5.17. The van der Waals surface area contributed by atoms with E-state index >= 15 is 0 Å². The van der Waals surface area contributed by atoms with Crippen LogP contribution in [0.15, 0.2) is 48.5 Å². The van der Waals surface area contributed by atoms with Crippen molar-refractivity contribution >= 4 is 40.7 Å². The first-order valence-electron chi connectivity index (χ1n) is 8.56. The van der Waals surface area contributed by atoms with Gasteiger partial charge in [-0.1, -0.05) is 35.9 Å². The molecule has 27 heavy (non-hydrogen) atoms. The van der Waals surface area contributed by atoms with Crippen LogP contribution < -0.4 is 16.0 Å². The first-order chi connectivity index (χ1) is 12.7. The van der Waals surface area contributed by atoms with Gasteiger partial charge in [0.1, 0.15) is 11.6 Å². The zero-order valence-corrected chi connectivity index (χ0v) is 16.6. The number of rotatable bonds is 5. The largest absolute Gasteiger partial charge is 0.444 e. The SMILES string of the molecule is CC(NC(=O)OC(C)(C)C)C(=O)Nc1c(Cl)cccc1Nc1ccccc1. The van der Waals surface area contributed by atoms with Gasteiger partial charge < -0.3 is 20.7 Å². The van der Waals surface area contributed by atoms with E-state index in [1.807, 2.05) is 30.3 Å². The van der Waals surface area contributed by atoms with Crippen LogP contribution in [0.4, 0.5) is 21.9 Å². The van der Waals surface area contributed by atoms with Gasteiger partial charge in [-0.25, -0.2) is 4.79 Å². The minimum Gasteiger partial charge on any atom is -0.444 e. The van der Waals surface area contributed by atoms with Gasteiger partial charge in [-0.15, -0.1) is 0 Å². The molecule has 3 N–H and O–H groups in total. The van der Waals surface area contributed by atoms with Crippen molar-refractivity contribution < 1.29 is 14.3 Å². The molecule has 144 valence electrons. The number of halogens is 1. The average Bonchev–Trinajstić information content (AvgIpc) is 2.57. The Hall–Kier alpha value is -2.73. The van der Waals surface area contributed by atoms with E-state index in [9.17, 15) is 9.59 Å². The van der Waals surface area contributed by atoms with E-state index in [-0.39, 0.29) is 0 Å². The lowest BCUT2D eigenvalue weighted by Crippen LogP contribution is -2.44. The number of ether oxygens (including phenoxy) is 1. The zero-order valence-electron chi connectivity index (χ0n) is 15.8. The van der Waals surface area contributed by atoms with Gasteiger partial charge in [-0.2, -0.15) is 0 Å². The molecule has 0 fully saturated rings. The van der Waals surface area contributed by atoms with Crippen molar-refractivity contribution in [2.45, 2.75) is 39.3 Å². The average molecular weight is 390 g/mol. The van der Waals surface area contributed by atoms with Gasteiger partial charge in [-0.3, -0.25) is 4.79 Å². The maximum atomic E-state index is 12.5. The standard InChI is InChI=1S/C20H24ClN3O3/c1-13(22-19(26)27-20(2,3)4)18(25)24-17-15(21)11-8-12-16(17)23-14-9-6-5-7-10-14/h5-13,23H,1-4H3,(H,22,26)(H,24,25). The van der Waals surface area contributed by atoms with E-state index in [2.05, 4.69) is 16.0 Å². The molecular formula is C20H24ClN3O3. The summed E-state index contributed by atoms with van der Waals surface area (Å²) in [7, 11) is 0. The van der Waals surface area contributed by atoms with E-state index < -0.39 is 23.6 Å². The number of carbonyl (C=O) groups excluding carboxylic acids is 2. The highest BCUT2D eigenvalue weighted by atomic mass is 35.5. The molecule has 0 spiro atoms. The van der Waals surface area contributed by atoms with Crippen molar-refractivity contribution in [3.05, 3.63) is 53.6 Å². The van der Waals surface area contributed by atoms with Crippen molar-refractivity contribution in [3.63, 3.8) is 0 Å². The quantitative estimate of drug-likeness (QED) is 0.677. The Bertz CT molecular complexity index is 804. The number of hydrogen-bond acceptors (Lipinski definition) is 4. The van der Waals surface area contributed by atoms with Crippen LogP contribution in [0.5, 0.6) is 0 Å². The monoisotopic (exact) mass is 389 g/mol. The van der Waals surface area contributed by atoms with Crippen LogP contribution in [0.25, 0.3) is 0 Å². The molecule has 2 aromatic carbocycles. The third kappa shape index (κ3) is 6.49. The zero-order chi connectivity index (χ0) is 20.0. The lowest BCUT2D eigenvalue weighted by Gasteiger charge is -2.22. The molecule has 0 bridgehead atoms. The maximum absolute atomic E-state index is 12.5. The van der Waals surface area contributed by atoms with Crippen LogP contribution in [-0.4, -0.2) is 23.6 Å². The summed E-state index contributed by atoms with van der Waals surface area (Å²) in [4.78, 5) is 24.4. The molecule has 0 radical (unpaired) electrons. The van der Waals surface area contributed by atoms with E-state index in [4.69, 9.17) is 16.3 Å². The molecule has 1 unspecified atom stereocenters. The molecule has 2 aromatic rings. The Morgan fingerprint density at radius 1 is 1.04 bits per heavy atom. The maximum Gasteiger partial charge on any atom is 0.408 e. The highest BCUT2D eigenvalue weighted by Crippen LogP contribution is 2.32. The number of nitrogens with one attached hydrogen (secondary N) is 3. The van der Waals surface area contributed by atoms with Gasteiger partial charge in [0.2, 0.25) is 5.91 Å². The Balaban J connectivity index is 2.09. The summed E-state index contributed by atoms with van der Waals surface area (Å²) in [6, 6.07) is 14.0. The van der Waals surface area contributed by atoms with E-state index in [0.717, 1.165) is 5.69 Å². The molecule has 2 rings (SSSR count). The van der Waals surface area contributed by atoms with Crippen LogP contribution in [0, 0.1) is 0 Å². The van der Waals surface area contributed by atoms with Gasteiger partial charge in [0.25, 0.3) is 0 Å². The minimum absolute atomic E-state index is 0.383. The fraction of sp³-hybridized carbons (Fsp3) is 0.300. The second kappa shape index (κ2) is 8.77. The van der Waals surface area contributed by atoms with Crippen molar-refractivity contribution in [2.24, 2.45) is 0 Å². The molecule has 6 nitrogen and oxygen atoms in total. The predicted molar refractivity (Wildman–Crippen MR) is 109 cm³/mol. The van der Waals surface area contributed by atoms with E-state index in [1.54, 1.807) is 45.9 Å². The summed E-state index contributed by atoms with van der Waals surface area (Å²) in [6.07, 6.45) is -0.660. The van der Waals surface area contributed by atoms with Crippen LogP contribution in [-0.2, 0) is 9.53 Å². The lowest BCUT2D eigenvalue weighted by molar-refractivity contribution is -0.117. The van der Waals surface area contributed by atoms with E-state index in [0.29, 0.717) is 16.4 Å². The Morgan fingerprint density at radius 2 is 1.70 bits per heavy atom. The number of alkyl carbamates (subject to hydrolysis) is 1. The molecule has 1 atom stereocenters. The minimum atomic E-state index is -0.805. The van der Waals surface area contributed by atoms with Crippen molar-refractivity contribution in [2.75, 3.05) is 10.6 Å². The highest BCUT2D eigenvalue weighted by molar-refractivity contribution is 6.34. The normalized spacial score (nSPS) is 12.0. The Kier molecular flexibility index (Phi) is 6.69. The number of hydrogen-bond donors (Lipinski definition) is 3. The van der Waals surface area contributed by atoms with Gasteiger partial charge in [0.15, 0.2) is 0 Å². The number of carbonyl (C=O) groups is 2. The number of anilines is 3. The van der Waals surface area contributed by atoms with Gasteiger partial charge in [0.05, 0.1) is 16.4 Å². The molecule has 0 aromatic heterocycles. The third-order valence-electron chi connectivity index (χ3n) is 3.44. The molecule has 0 saturated carbocycles. The second-order valence-electron chi connectivity index (χ2n) is 7.01. The first kappa shape index (κ1) is 20.6. The highest BCUT2D eigenvalue weighted by Gasteiger charge is 2.22. The van der Waals surface area contributed by atoms with Crippen molar-refractivity contribution in [1.29, 1.82) is 0 Å². The summed E-state index contributed by atoms with van der Waals surface area (Å²) in [5.41, 5.74) is 1.29. The van der Waals surface area contributed by atoms with E-state index in [1.165, 1.54) is 0 Å². The van der Waals surface area contributed by atoms with Crippen LogP contribution in [0.1, 0.15) is 27.7 Å². The molecule has 0 saturated heterocycles. The fourth-order valence-corrected chi connectivity index (χ4v) is 2.44. The summed E-state index contributed by atoms with van der Waals surface area (Å²) in [6.45, 7) is 6.83. The second-order valence-corrected chi connectivity index (χ2v) is 7.42. The molecule has 0 aliphatic heterocycles. The molecule has 0 aliphatic carbocycles. The van der Waals surface area contributed by atoms with Gasteiger partial charge >= 0.3 is 6.09 Å². The van der Waals surface area contributed by atoms with Crippen LogP contribution in [0.2, 0.25) is 5.02 Å². The smallest absolute Gasteiger partial charge is 0.408 e. The molecule has 0 aliphatic rings. The molecule has 2 amide bonds. The molecule has 7 heteroatoms. The topological polar surface area (TPSA) is 79.5 Å². The van der Waals surface area contributed by atoms with Crippen LogP contribution in [0.3, 0.4) is 0 Å². The lowest BCUT2D eigenvalue weighted by atomic mass is 10.2. The number of amides is 2. The Morgan fingerprint density at radius 3 is 2.33 bits per heavy atom.